The standard InChI is InChI=1S/C18H22O6/c1-10(2)7-8-23-15-11(3)16(20-4)14(17(19)21-5)13-12(15)9-24-18(13)22-6/h7,9H,8H2,1-6H3. The Balaban J connectivity index is 2.76. The first kappa shape index (κ1) is 17.7. The van der Waals surface area contributed by atoms with Crippen LogP contribution in [0.4, 0.5) is 0 Å². The lowest BCUT2D eigenvalue weighted by atomic mass is 10.0. The number of esters is 1. The number of methoxy groups -OCH3 is 3. The van der Waals surface area contributed by atoms with E-state index < -0.39 is 5.97 Å². The zero-order valence-electron chi connectivity index (χ0n) is 14.8. The summed E-state index contributed by atoms with van der Waals surface area (Å²) in [6.07, 6.45) is 3.47. The lowest BCUT2D eigenvalue weighted by Crippen LogP contribution is -2.08. The van der Waals surface area contributed by atoms with Crippen LogP contribution in [0.3, 0.4) is 0 Å². The summed E-state index contributed by atoms with van der Waals surface area (Å²) >= 11 is 0. The van der Waals surface area contributed by atoms with Crippen LogP contribution in [0.5, 0.6) is 17.4 Å². The Hall–Kier alpha value is -2.63. The fourth-order valence-corrected chi connectivity index (χ4v) is 2.53. The van der Waals surface area contributed by atoms with Crippen LogP contribution in [0, 0.1) is 6.92 Å². The Morgan fingerprint density at radius 3 is 2.42 bits per heavy atom. The summed E-state index contributed by atoms with van der Waals surface area (Å²) < 4.78 is 26.9. The van der Waals surface area contributed by atoms with Gasteiger partial charge in [0.15, 0.2) is 0 Å². The lowest BCUT2D eigenvalue weighted by molar-refractivity contribution is 0.0599. The van der Waals surface area contributed by atoms with Crippen LogP contribution in [-0.4, -0.2) is 33.9 Å². The van der Waals surface area contributed by atoms with E-state index in [1.165, 1.54) is 27.6 Å². The highest BCUT2D eigenvalue weighted by Crippen LogP contribution is 2.45. The van der Waals surface area contributed by atoms with Crippen LogP contribution in [0.15, 0.2) is 22.3 Å². The van der Waals surface area contributed by atoms with Gasteiger partial charge in [-0.25, -0.2) is 4.79 Å². The molecule has 0 aliphatic heterocycles. The van der Waals surface area contributed by atoms with Crippen LogP contribution < -0.4 is 14.2 Å². The first-order chi connectivity index (χ1) is 11.5. The van der Waals surface area contributed by atoms with Crippen molar-refractivity contribution in [2.45, 2.75) is 20.8 Å². The summed E-state index contributed by atoms with van der Waals surface area (Å²) in [6.45, 7) is 6.20. The summed E-state index contributed by atoms with van der Waals surface area (Å²) in [5.41, 5.74) is 2.09. The molecule has 1 aromatic carbocycles. The van der Waals surface area contributed by atoms with Gasteiger partial charge in [-0.1, -0.05) is 5.57 Å². The molecule has 0 saturated heterocycles. The summed E-state index contributed by atoms with van der Waals surface area (Å²) in [5.74, 6) is 0.631. The highest BCUT2D eigenvalue weighted by atomic mass is 16.6. The molecule has 0 unspecified atom stereocenters. The molecule has 0 atom stereocenters. The molecule has 130 valence electrons. The number of benzene rings is 1. The van der Waals surface area contributed by atoms with Gasteiger partial charge in [0.2, 0.25) is 0 Å². The first-order valence-corrected chi connectivity index (χ1v) is 7.46. The van der Waals surface area contributed by atoms with Gasteiger partial charge in [0, 0.05) is 5.56 Å². The first-order valence-electron chi connectivity index (χ1n) is 7.46. The molecule has 0 bridgehead atoms. The van der Waals surface area contributed by atoms with Crippen molar-refractivity contribution in [3.05, 3.63) is 29.0 Å². The molecule has 24 heavy (non-hydrogen) atoms. The van der Waals surface area contributed by atoms with Crippen LogP contribution in [-0.2, 0) is 4.74 Å². The maximum atomic E-state index is 12.3. The maximum absolute atomic E-state index is 12.3. The van der Waals surface area contributed by atoms with Crippen molar-refractivity contribution in [1.29, 1.82) is 0 Å². The van der Waals surface area contributed by atoms with Gasteiger partial charge in [0.25, 0.3) is 5.95 Å². The van der Waals surface area contributed by atoms with E-state index in [1.54, 1.807) is 0 Å². The molecule has 0 N–H and O–H groups in total. The van der Waals surface area contributed by atoms with Crippen molar-refractivity contribution in [3.8, 4) is 17.4 Å². The number of rotatable bonds is 6. The number of hydrogen-bond donors (Lipinski definition) is 0. The molecule has 6 nitrogen and oxygen atoms in total. The quantitative estimate of drug-likeness (QED) is 0.590. The zero-order valence-corrected chi connectivity index (χ0v) is 14.8. The normalized spacial score (nSPS) is 10.4. The second kappa shape index (κ2) is 7.29. The summed E-state index contributed by atoms with van der Waals surface area (Å²) in [6, 6.07) is 0. The molecule has 0 amide bonds. The third-order valence-electron chi connectivity index (χ3n) is 3.66. The predicted octanol–water partition coefficient (Wildman–Crippen LogP) is 3.89. The minimum absolute atomic E-state index is 0.204. The minimum Gasteiger partial charge on any atom is -0.495 e. The summed E-state index contributed by atoms with van der Waals surface area (Å²) in [5, 5.41) is 1.10. The Labute approximate surface area is 140 Å². The number of ether oxygens (including phenoxy) is 4. The minimum atomic E-state index is -0.532. The number of hydrogen-bond acceptors (Lipinski definition) is 6. The largest absolute Gasteiger partial charge is 0.495 e. The predicted molar refractivity (Wildman–Crippen MR) is 90.3 cm³/mol. The Kier molecular flexibility index (Phi) is 5.39. The van der Waals surface area contributed by atoms with E-state index in [-0.39, 0.29) is 11.5 Å². The molecular weight excluding hydrogens is 312 g/mol. The van der Waals surface area contributed by atoms with Gasteiger partial charge in [-0.3, -0.25) is 0 Å². The van der Waals surface area contributed by atoms with Gasteiger partial charge in [0.1, 0.15) is 29.9 Å². The van der Waals surface area contributed by atoms with Gasteiger partial charge >= 0.3 is 5.97 Å². The van der Waals surface area contributed by atoms with Gasteiger partial charge in [-0.15, -0.1) is 0 Å². The van der Waals surface area contributed by atoms with Crippen molar-refractivity contribution in [2.75, 3.05) is 27.9 Å². The monoisotopic (exact) mass is 334 g/mol. The van der Waals surface area contributed by atoms with Crippen molar-refractivity contribution in [2.24, 2.45) is 0 Å². The Morgan fingerprint density at radius 2 is 1.88 bits per heavy atom. The van der Waals surface area contributed by atoms with Gasteiger partial charge < -0.3 is 23.4 Å². The molecule has 0 spiro atoms. The maximum Gasteiger partial charge on any atom is 0.342 e. The van der Waals surface area contributed by atoms with E-state index in [9.17, 15) is 4.79 Å². The van der Waals surface area contributed by atoms with Crippen molar-refractivity contribution < 1.29 is 28.2 Å². The number of allylic oxidation sites excluding steroid dienone is 1. The second-order valence-corrected chi connectivity index (χ2v) is 5.46. The van der Waals surface area contributed by atoms with Crippen LogP contribution in [0.25, 0.3) is 10.8 Å². The second-order valence-electron chi connectivity index (χ2n) is 5.46. The molecule has 0 radical (unpaired) electrons. The molecule has 0 fully saturated rings. The van der Waals surface area contributed by atoms with E-state index in [2.05, 4.69) is 0 Å². The molecule has 2 rings (SSSR count). The van der Waals surface area contributed by atoms with E-state index in [0.717, 1.165) is 5.57 Å². The summed E-state index contributed by atoms with van der Waals surface area (Å²) in [4.78, 5) is 12.3. The third-order valence-corrected chi connectivity index (χ3v) is 3.66. The molecular formula is C18H22O6. The third kappa shape index (κ3) is 3.04. The molecule has 0 aliphatic rings. The van der Waals surface area contributed by atoms with Gasteiger partial charge in [-0.05, 0) is 26.8 Å². The SMILES string of the molecule is COC(=O)c1c(OC)c(C)c(OCC=C(C)C)c2coc(OC)c12. The van der Waals surface area contributed by atoms with E-state index >= 15 is 0 Å². The van der Waals surface area contributed by atoms with Crippen molar-refractivity contribution in [1.82, 2.24) is 0 Å². The number of fused-ring (bicyclic) bond motifs is 1. The lowest BCUT2D eigenvalue weighted by Gasteiger charge is -2.16. The van der Waals surface area contributed by atoms with E-state index in [0.29, 0.717) is 34.4 Å². The number of furan rings is 1. The smallest absolute Gasteiger partial charge is 0.342 e. The molecule has 0 saturated carbocycles. The van der Waals surface area contributed by atoms with Gasteiger partial charge in [-0.2, -0.15) is 0 Å². The van der Waals surface area contributed by atoms with Crippen molar-refractivity contribution >= 4 is 16.7 Å². The zero-order chi connectivity index (χ0) is 17.9. The topological polar surface area (TPSA) is 67.1 Å². The van der Waals surface area contributed by atoms with Crippen LogP contribution in [0.1, 0.15) is 29.8 Å². The molecule has 6 heteroatoms. The Morgan fingerprint density at radius 1 is 1.17 bits per heavy atom. The average molecular weight is 334 g/mol. The van der Waals surface area contributed by atoms with Crippen LogP contribution in [0.2, 0.25) is 0 Å². The molecule has 1 aromatic heterocycles. The van der Waals surface area contributed by atoms with E-state index in [4.69, 9.17) is 23.4 Å². The highest BCUT2D eigenvalue weighted by molar-refractivity contribution is 6.11. The number of carbonyl (C=O) groups is 1. The molecule has 0 aliphatic carbocycles. The fraction of sp³-hybridized carbons (Fsp3) is 0.389. The number of carbonyl (C=O) groups excluding carboxylic acids is 1. The molecule has 2 aromatic rings. The molecule has 1 heterocycles. The average Bonchev–Trinajstić information content (AvgIpc) is 2.98. The fourth-order valence-electron chi connectivity index (χ4n) is 2.53. The highest BCUT2D eigenvalue weighted by Gasteiger charge is 2.28. The Bertz CT molecular complexity index is 781. The summed E-state index contributed by atoms with van der Waals surface area (Å²) in [7, 11) is 4.27. The van der Waals surface area contributed by atoms with E-state index in [1.807, 2.05) is 26.8 Å². The van der Waals surface area contributed by atoms with Crippen LogP contribution >= 0.6 is 0 Å². The van der Waals surface area contributed by atoms with Crippen molar-refractivity contribution in [3.63, 3.8) is 0 Å². The van der Waals surface area contributed by atoms with Gasteiger partial charge in [0.05, 0.1) is 32.1 Å².